The molecule has 184 valence electrons. The lowest BCUT2D eigenvalue weighted by molar-refractivity contribution is -0.274. The number of aromatic nitrogens is 2. The van der Waals surface area contributed by atoms with E-state index in [2.05, 4.69) is 4.74 Å². The summed E-state index contributed by atoms with van der Waals surface area (Å²) in [4.78, 5) is 25.2. The first kappa shape index (κ1) is 25.3. The van der Waals surface area contributed by atoms with Crippen LogP contribution < -0.4 is 9.64 Å². The van der Waals surface area contributed by atoms with Gasteiger partial charge in [0.05, 0.1) is 11.6 Å². The molecule has 7 nitrogen and oxygen atoms in total. The van der Waals surface area contributed by atoms with Gasteiger partial charge in [0, 0.05) is 37.5 Å². The number of likely N-dealkylation sites (tertiary alicyclic amines) is 1. The first-order valence-corrected chi connectivity index (χ1v) is 10.9. The van der Waals surface area contributed by atoms with Crippen LogP contribution in [0.5, 0.6) is 5.75 Å². The Hall–Kier alpha value is -3.30. The maximum atomic E-state index is 12.5. The zero-order valence-electron chi connectivity index (χ0n) is 20.1. The van der Waals surface area contributed by atoms with E-state index in [1.165, 1.54) is 24.3 Å². The molecule has 1 amide bonds. The van der Waals surface area contributed by atoms with Gasteiger partial charge in [-0.05, 0) is 58.9 Å². The minimum Gasteiger partial charge on any atom is -0.444 e. The van der Waals surface area contributed by atoms with Gasteiger partial charge in [0.25, 0.3) is 0 Å². The first-order valence-electron chi connectivity index (χ1n) is 10.9. The SMILES string of the molecule is C/C=C/N(C)c1nc(C2CN(C(=O)OC(C)(C)C)C2)nc(-c2ccc(OC(F)(F)F)cc2)c1C. The number of hydrogen-bond donors (Lipinski definition) is 0. The summed E-state index contributed by atoms with van der Waals surface area (Å²) in [5.74, 6) is 0.839. The molecule has 1 aromatic carbocycles. The maximum Gasteiger partial charge on any atom is 0.573 e. The predicted octanol–water partition coefficient (Wildman–Crippen LogP) is 5.65. The average Bonchev–Trinajstić information content (AvgIpc) is 2.66. The highest BCUT2D eigenvalue weighted by Crippen LogP contribution is 2.34. The van der Waals surface area contributed by atoms with Gasteiger partial charge in [-0.1, -0.05) is 6.08 Å². The Balaban J connectivity index is 1.91. The van der Waals surface area contributed by atoms with Crippen molar-refractivity contribution >= 4 is 11.9 Å². The highest BCUT2D eigenvalue weighted by atomic mass is 19.4. The third-order valence-electron chi connectivity index (χ3n) is 5.10. The zero-order valence-corrected chi connectivity index (χ0v) is 20.1. The second-order valence-corrected chi connectivity index (χ2v) is 9.13. The maximum absolute atomic E-state index is 12.5. The summed E-state index contributed by atoms with van der Waals surface area (Å²) in [6, 6.07) is 5.58. The van der Waals surface area contributed by atoms with Crippen LogP contribution in [0.1, 0.15) is 45.0 Å². The molecular weight excluding hydrogens is 449 g/mol. The van der Waals surface area contributed by atoms with Gasteiger partial charge in [-0.2, -0.15) is 0 Å². The van der Waals surface area contributed by atoms with E-state index < -0.39 is 12.0 Å². The second kappa shape index (κ2) is 9.52. The molecule has 0 bridgehead atoms. The van der Waals surface area contributed by atoms with E-state index in [0.717, 1.165) is 5.56 Å². The van der Waals surface area contributed by atoms with Crippen molar-refractivity contribution in [1.82, 2.24) is 14.9 Å². The molecule has 2 aromatic rings. The van der Waals surface area contributed by atoms with Crippen LogP contribution in [0.25, 0.3) is 11.3 Å². The summed E-state index contributed by atoms with van der Waals surface area (Å²) in [7, 11) is 1.86. The molecular formula is C24H29F3N4O3. The van der Waals surface area contributed by atoms with Gasteiger partial charge in [-0.15, -0.1) is 13.2 Å². The Kier molecular flexibility index (Phi) is 7.09. The monoisotopic (exact) mass is 478 g/mol. The second-order valence-electron chi connectivity index (χ2n) is 9.13. The molecule has 0 saturated carbocycles. The normalized spacial score (nSPS) is 14.8. The van der Waals surface area contributed by atoms with Crippen molar-refractivity contribution in [2.24, 2.45) is 0 Å². The molecule has 3 rings (SSSR count). The summed E-state index contributed by atoms with van der Waals surface area (Å²) in [6.45, 7) is 10.0. The Morgan fingerprint density at radius 3 is 2.29 bits per heavy atom. The van der Waals surface area contributed by atoms with Crippen LogP contribution in [0, 0.1) is 6.92 Å². The fraction of sp³-hybridized carbons (Fsp3) is 0.458. The van der Waals surface area contributed by atoms with Crippen LogP contribution in [0.2, 0.25) is 0 Å². The van der Waals surface area contributed by atoms with Gasteiger partial charge in [0.2, 0.25) is 0 Å². The number of anilines is 1. The quantitative estimate of drug-likeness (QED) is 0.553. The minimum absolute atomic E-state index is 0.0857. The van der Waals surface area contributed by atoms with E-state index in [0.29, 0.717) is 36.0 Å². The third-order valence-corrected chi connectivity index (χ3v) is 5.10. The first-order chi connectivity index (χ1) is 15.8. The van der Waals surface area contributed by atoms with Crippen LogP contribution in [0.4, 0.5) is 23.8 Å². The van der Waals surface area contributed by atoms with Gasteiger partial charge < -0.3 is 19.3 Å². The summed E-state index contributed by atoms with van der Waals surface area (Å²) in [5.41, 5.74) is 1.43. The minimum atomic E-state index is -4.76. The van der Waals surface area contributed by atoms with Crippen LogP contribution in [0.3, 0.4) is 0 Å². The van der Waals surface area contributed by atoms with Crippen LogP contribution in [-0.4, -0.2) is 53.1 Å². The molecule has 1 aromatic heterocycles. The smallest absolute Gasteiger partial charge is 0.444 e. The molecule has 34 heavy (non-hydrogen) atoms. The predicted molar refractivity (Wildman–Crippen MR) is 123 cm³/mol. The molecule has 0 N–H and O–H groups in total. The van der Waals surface area contributed by atoms with E-state index in [1.54, 1.807) is 4.90 Å². The lowest BCUT2D eigenvalue weighted by Crippen LogP contribution is -2.50. The molecule has 0 spiro atoms. The Morgan fingerprint density at radius 1 is 1.15 bits per heavy atom. The van der Waals surface area contributed by atoms with Gasteiger partial charge in [0.1, 0.15) is 23.0 Å². The standard InChI is InChI=1S/C24H29F3N4O3/c1-7-12-30(6)21-15(2)19(16-8-10-18(11-9-16)33-24(25,26)27)28-20(29-21)17-13-31(14-17)22(32)34-23(3,4)5/h7-12,17H,13-14H2,1-6H3/b12-7+. The van der Waals surface area contributed by atoms with Gasteiger partial charge in [0.15, 0.2) is 0 Å². The molecule has 1 aliphatic rings. The highest BCUT2D eigenvalue weighted by molar-refractivity contribution is 5.71. The topological polar surface area (TPSA) is 67.8 Å². The van der Waals surface area contributed by atoms with Crippen molar-refractivity contribution < 1.29 is 27.4 Å². The number of allylic oxidation sites excluding steroid dienone is 1. The fourth-order valence-corrected chi connectivity index (χ4v) is 3.55. The number of halogens is 3. The number of benzene rings is 1. The zero-order chi connectivity index (χ0) is 25.3. The van der Waals surface area contributed by atoms with E-state index in [9.17, 15) is 18.0 Å². The number of nitrogens with zero attached hydrogens (tertiary/aromatic N) is 4. The number of ether oxygens (including phenoxy) is 2. The summed E-state index contributed by atoms with van der Waals surface area (Å²) >= 11 is 0. The highest BCUT2D eigenvalue weighted by Gasteiger charge is 2.37. The third kappa shape index (κ3) is 6.18. The van der Waals surface area contributed by atoms with Gasteiger partial charge >= 0.3 is 12.5 Å². The molecule has 0 radical (unpaired) electrons. The van der Waals surface area contributed by atoms with E-state index in [4.69, 9.17) is 14.7 Å². The Labute approximate surface area is 197 Å². The molecule has 1 saturated heterocycles. The number of carbonyl (C=O) groups excluding carboxylic acids is 1. The number of rotatable bonds is 5. The number of carbonyl (C=O) groups is 1. The average molecular weight is 479 g/mol. The molecule has 0 atom stereocenters. The van der Waals surface area contributed by atoms with Crippen molar-refractivity contribution in [3.8, 4) is 17.0 Å². The largest absolute Gasteiger partial charge is 0.573 e. The van der Waals surface area contributed by atoms with Crippen LogP contribution in [0.15, 0.2) is 36.5 Å². The Morgan fingerprint density at radius 2 is 1.76 bits per heavy atom. The van der Waals surface area contributed by atoms with Crippen LogP contribution in [-0.2, 0) is 4.74 Å². The number of alkyl halides is 3. The summed E-state index contributed by atoms with van der Waals surface area (Å²) < 4.78 is 46.9. The molecule has 1 fully saturated rings. The molecule has 0 aliphatic carbocycles. The van der Waals surface area contributed by atoms with E-state index in [-0.39, 0.29) is 17.8 Å². The van der Waals surface area contributed by atoms with E-state index >= 15 is 0 Å². The number of hydrogen-bond acceptors (Lipinski definition) is 6. The molecule has 1 aliphatic heterocycles. The van der Waals surface area contributed by atoms with Crippen molar-refractivity contribution in [2.45, 2.75) is 52.5 Å². The number of amides is 1. The van der Waals surface area contributed by atoms with Crippen molar-refractivity contribution in [3.05, 3.63) is 47.9 Å². The van der Waals surface area contributed by atoms with Crippen molar-refractivity contribution in [1.29, 1.82) is 0 Å². The van der Waals surface area contributed by atoms with E-state index in [1.807, 2.05) is 58.8 Å². The van der Waals surface area contributed by atoms with Crippen molar-refractivity contribution in [3.63, 3.8) is 0 Å². The van der Waals surface area contributed by atoms with Crippen LogP contribution >= 0.6 is 0 Å². The molecule has 2 heterocycles. The Bertz CT molecular complexity index is 1060. The van der Waals surface area contributed by atoms with Gasteiger partial charge in [-0.3, -0.25) is 0 Å². The molecule has 10 heteroatoms. The summed E-state index contributed by atoms with van der Waals surface area (Å²) in [6.07, 6.45) is -1.41. The fourth-order valence-electron chi connectivity index (χ4n) is 3.55. The summed E-state index contributed by atoms with van der Waals surface area (Å²) in [5, 5.41) is 0. The van der Waals surface area contributed by atoms with Crippen molar-refractivity contribution in [2.75, 3.05) is 25.0 Å². The lowest BCUT2D eigenvalue weighted by Gasteiger charge is -2.39. The molecule has 0 unspecified atom stereocenters. The van der Waals surface area contributed by atoms with Gasteiger partial charge in [-0.25, -0.2) is 14.8 Å². The lowest BCUT2D eigenvalue weighted by atomic mass is 9.98.